The molecule has 0 fully saturated rings. The monoisotopic (exact) mass is 211 g/mol. The molecule has 1 aliphatic heterocycles. The third kappa shape index (κ3) is 1.63. The Morgan fingerprint density at radius 3 is 3.20 bits per heavy atom. The maximum absolute atomic E-state index is 12.8. The van der Waals surface area contributed by atoms with E-state index in [2.05, 4.69) is 4.98 Å². The van der Waals surface area contributed by atoms with Gasteiger partial charge in [0.15, 0.2) is 0 Å². The van der Waals surface area contributed by atoms with Crippen molar-refractivity contribution < 1.29 is 13.9 Å². The average molecular weight is 211 g/mol. The van der Waals surface area contributed by atoms with E-state index in [9.17, 15) is 9.18 Å². The Bertz CT molecular complexity index is 410. The number of aromatic nitrogens is 1. The van der Waals surface area contributed by atoms with Crippen molar-refractivity contribution in [1.29, 1.82) is 0 Å². The smallest absolute Gasteiger partial charge is 0.247 e. The lowest BCUT2D eigenvalue weighted by Gasteiger charge is -2.16. The molecule has 1 aliphatic rings. The fraction of sp³-hybridized carbons (Fsp3) is 0.333. The minimum atomic E-state index is -0.731. The van der Waals surface area contributed by atoms with Crippen LogP contribution in [0.15, 0.2) is 12.3 Å². The van der Waals surface area contributed by atoms with Gasteiger partial charge in [0.25, 0.3) is 0 Å². The summed E-state index contributed by atoms with van der Waals surface area (Å²) >= 11 is 0. The summed E-state index contributed by atoms with van der Waals surface area (Å²) in [7, 11) is 1.55. The Labute approximate surface area is 85.6 Å². The standard InChI is InChI=1S/C9H10FN3O2/c1-13-6-3-12-8(10)2-7(6)15-4-5(11)9(13)14/h2-3,5H,4,11H2,1H3/t5-/m0/s1. The average Bonchev–Trinajstić information content (AvgIpc) is 2.32. The molecule has 15 heavy (non-hydrogen) atoms. The summed E-state index contributed by atoms with van der Waals surface area (Å²) in [5.74, 6) is -0.640. The van der Waals surface area contributed by atoms with Gasteiger partial charge in [-0.15, -0.1) is 0 Å². The molecule has 2 heterocycles. The highest BCUT2D eigenvalue weighted by molar-refractivity contribution is 5.98. The van der Waals surface area contributed by atoms with E-state index in [-0.39, 0.29) is 18.3 Å². The molecule has 0 saturated carbocycles. The number of rotatable bonds is 0. The SMILES string of the molecule is CN1C(=O)[C@@H](N)COc2cc(F)ncc21. The molecule has 1 atom stereocenters. The second kappa shape index (κ2) is 3.47. The number of hydrogen-bond donors (Lipinski definition) is 1. The lowest BCUT2D eigenvalue weighted by molar-refractivity contribution is -0.119. The Kier molecular flexibility index (Phi) is 2.28. The van der Waals surface area contributed by atoms with Crippen LogP contribution in [0.4, 0.5) is 10.1 Å². The largest absolute Gasteiger partial charge is 0.489 e. The van der Waals surface area contributed by atoms with Gasteiger partial charge in [0.05, 0.1) is 6.20 Å². The molecule has 1 amide bonds. The molecular weight excluding hydrogens is 201 g/mol. The number of anilines is 1. The highest BCUT2D eigenvalue weighted by Crippen LogP contribution is 2.29. The number of likely N-dealkylation sites (N-methyl/N-ethyl adjacent to an activating group) is 1. The van der Waals surface area contributed by atoms with Gasteiger partial charge in [0.1, 0.15) is 24.1 Å². The highest BCUT2D eigenvalue weighted by Gasteiger charge is 2.26. The van der Waals surface area contributed by atoms with Gasteiger partial charge in [-0.3, -0.25) is 4.79 Å². The number of carbonyl (C=O) groups excluding carboxylic acids is 1. The Morgan fingerprint density at radius 1 is 1.73 bits per heavy atom. The molecular formula is C9H10FN3O2. The maximum atomic E-state index is 12.8. The number of nitrogens with zero attached hydrogens (tertiary/aromatic N) is 2. The van der Waals surface area contributed by atoms with Crippen LogP contribution >= 0.6 is 0 Å². The molecule has 80 valence electrons. The number of ether oxygens (including phenoxy) is 1. The van der Waals surface area contributed by atoms with Crippen LogP contribution in [0.25, 0.3) is 0 Å². The summed E-state index contributed by atoms with van der Waals surface area (Å²) in [5, 5.41) is 0. The number of halogens is 1. The number of fused-ring (bicyclic) bond motifs is 1. The van der Waals surface area contributed by atoms with E-state index in [0.717, 1.165) is 6.07 Å². The van der Waals surface area contributed by atoms with Crippen LogP contribution in [0.3, 0.4) is 0 Å². The molecule has 0 aliphatic carbocycles. The van der Waals surface area contributed by atoms with Crippen molar-refractivity contribution in [1.82, 2.24) is 4.98 Å². The van der Waals surface area contributed by atoms with Gasteiger partial charge in [0, 0.05) is 13.1 Å². The van der Waals surface area contributed by atoms with Crippen molar-refractivity contribution in [3.63, 3.8) is 0 Å². The van der Waals surface area contributed by atoms with Gasteiger partial charge in [-0.1, -0.05) is 0 Å². The lowest BCUT2D eigenvalue weighted by Crippen LogP contribution is -2.43. The van der Waals surface area contributed by atoms with Gasteiger partial charge >= 0.3 is 0 Å². The van der Waals surface area contributed by atoms with Crippen LogP contribution in [0, 0.1) is 5.95 Å². The van der Waals surface area contributed by atoms with Crippen molar-refractivity contribution in [3.8, 4) is 5.75 Å². The molecule has 0 saturated heterocycles. The molecule has 0 unspecified atom stereocenters. The van der Waals surface area contributed by atoms with Gasteiger partial charge in [-0.2, -0.15) is 4.39 Å². The van der Waals surface area contributed by atoms with Crippen LogP contribution < -0.4 is 15.4 Å². The highest BCUT2D eigenvalue weighted by atomic mass is 19.1. The molecule has 0 bridgehead atoms. The van der Waals surface area contributed by atoms with E-state index < -0.39 is 12.0 Å². The van der Waals surface area contributed by atoms with E-state index in [1.807, 2.05) is 0 Å². The molecule has 0 aromatic carbocycles. The Hall–Kier alpha value is -1.69. The van der Waals surface area contributed by atoms with Gasteiger partial charge in [-0.05, 0) is 0 Å². The van der Waals surface area contributed by atoms with Gasteiger partial charge in [-0.25, -0.2) is 4.98 Å². The van der Waals surface area contributed by atoms with Crippen LogP contribution in [0.2, 0.25) is 0 Å². The summed E-state index contributed by atoms with van der Waals surface area (Å²) in [6.07, 6.45) is 1.25. The van der Waals surface area contributed by atoms with E-state index in [4.69, 9.17) is 10.5 Å². The maximum Gasteiger partial charge on any atom is 0.247 e. The van der Waals surface area contributed by atoms with Crippen molar-refractivity contribution in [2.24, 2.45) is 5.73 Å². The summed E-state index contributed by atoms with van der Waals surface area (Å²) in [5.41, 5.74) is 5.98. The van der Waals surface area contributed by atoms with Gasteiger partial charge < -0.3 is 15.4 Å². The minimum Gasteiger partial charge on any atom is -0.489 e. The summed E-state index contributed by atoms with van der Waals surface area (Å²) < 4.78 is 18.0. The Morgan fingerprint density at radius 2 is 2.47 bits per heavy atom. The van der Waals surface area contributed by atoms with Crippen LogP contribution in [-0.4, -0.2) is 30.6 Å². The molecule has 5 nitrogen and oxygen atoms in total. The first-order valence-electron chi connectivity index (χ1n) is 4.41. The van der Waals surface area contributed by atoms with Crippen LogP contribution in [-0.2, 0) is 4.79 Å². The molecule has 6 heteroatoms. The zero-order valence-corrected chi connectivity index (χ0v) is 8.11. The van der Waals surface area contributed by atoms with Crippen molar-refractivity contribution in [2.45, 2.75) is 6.04 Å². The first-order valence-corrected chi connectivity index (χ1v) is 4.41. The predicted molar refractivity (Wildman–Crippen MR) is 51.1 cm³/mol. The quantitative estimate of drug-likeness (QED) is 0.608. The zero-order chi connectivity index (χ0) is 11.0. The van der Waals surface area contributed by atoms with Crippen molar-refractivity contribution in [2.75, 3.05) is 18.6 Å². The summed E-state index contributed by atoms with van der Waals surface area (Å²) in [4.78, 5) is 16.4. The molecule has 1 aromatic heterocycles. The third-order valence-corrected chi connectivity index (χ3v) is 2.24. The second-order valence-electron chi connectivity index (χ2n) is 3.29. The van der Waals surface area contributed by atoms with Crippen molar-refractivity contribution >= 4 is 11.6 Å². The summed E-state index contributed by atoms with van der Waals surface area (Å²) in [6.45, 7) is 0.0413. The minimum absolute atomic E-state index is 0.0413. The van der Waals surface area contributed by atoms with E-state index in [1.165, 1.54) is 11.1 Å². The first kappa shape index (κ1) is 9.85. The zero-order valence-electron chi connectivity index (χ0n) is 8.11. The topological polar surface area (TPSA) is 68.5 Å². The van der Waals surface area contributed by atoms with Crippen LogP contribution in [0.5, 0.6) is 5.75 Å². The second-order valence-corrected chi connectivity index (χ2v) is 3.29. The van der Waals surface area contributed by atoms with E-state index in [1.54, 1.807) is 7.05 Å². The van der Waals surface area contributed by atoms with E-state index >= 15 is 0 Å². The Balaban J connectivity index is 2.47. The molecule has 0 radical (unpaired) electrons. The number of nitrogens with two attached hydrogens (primary N) is 1. The predicted octanol–water partition coefficient (Wildman–Crippen LogP) is -0.0968. The number of amides is 1. The fourth-order valence-electron chi connectivity index (χ4n) is 1.39. The molecule has 0 spiro atoms. The molecule has 2 N–H and O–H groups in total. The third-order valence-electron chi connectivity index (χ3n) is 2.24. The lowest BCUT2D eigenvalue weighted by atomic mass is 10.3. The molecule has 2 rings (SSSR count). The number of pyridine rings is 1. The summed E-state index contributed by atoms with van der Waals surface area (Å²) in [6, 6.07) is 0.405. The van der Waals surface area contributed by atoms with E-state index in [0.29, 0.717) is 5.69 Å². The van der Waals surface area contributed by atoms with Gasteiger partial charge in [0.2, 0.25) is 11.9 Å². The number of carbonyl (C=O) groups is 1. The number of hydrogen-bond acceptors (Lipinski definition) is 4. The normalized spacial score (nSPS) is 20.6. The van der Waals surface area contributed by atoms with Crippen LogP contribution in [0.1, 0.15) is 0 Å². The van der Waals surface area contributed by atoms with Crippen molar-refractivity contribution in [3.05, 3.63) is 18.2 Å². The first-order chi connectivity index (χ1) is 7.09. The fourth-order valence-corrected chi connectivity index (χ4v) is 1.39. The molecule has 1 aromatic rings.